The summed E-state index contributed by atoms with van der Waals surface area (Å²) >= 11 is 0. The first-order valence-corrected chi connectivity index (χ1v) is 7.02. The molecule has 1 unspecified atom stereocenters. The van der Waals surface area contributed by atoms with Gasteiger partial charge in [0.25, 0.3) is 0 Å². The van der Waals surface area contributed by atoms with Crippen LogP contribution in [0.25, 0.3) is 0 Å². The van der Waals surface area contributed by atoms with E-state index in [0.29, 0.717) is 0 Å². The lowest BCUT2D eigenvalue weighted by molar-refractivity contribution is -0.162. The molecule has 2 rings (SSSR count). The van der Waals surface area contributed by atoms with Crippen LogP contribution in [0.3, 0.4) is 0 Å². The van der Waals surface area contributed by atoms with Crippen LogP contribution >= 0.6 is 0 Å². The van der Waals surface area contributed by atoms with Gasteiger partial charge < -0.3 is 14.9 Å². The van der Waals surface area contributed by atoms with E-state index in [1.807, 2.05) is 30.3 Å². The minimum absolute atomic E-state index is 0.0534. The highest BCUT2D eigenvalue weighted by molar-refractivity contribution is 5.74. The molecule has 1 saturated heterocycles. The van der Waals surface area contributed by atoms with Gasteiger partial charge in [0.2, 0.25) is 0 Å². The molecule has 0 aliphatic carbocycles. The lowest BCUT2D eigenvalue weighted by Crippen LogP contribution is -2.57. The molecular formula is C15H20N2O5. The normalized spacial score (nSPS) is 23.2. The zero-order valence-corrected chi connectivity index (χ0v) is 12.4. The summed E-state index contributed by atoms with van der Waals surface area (Å²) in [6.45, 7) is 0.292. The zero-order valence-electron chi connectivity index (χ0n) is 12.4. The van der Waals surface area contributed by atoms with Gasteiger partial charge in [-0.2, -0.15) is 0 Å². The van der Waals surface area contributed by atoms with E-state index in [2.05, 4.69) is 0 Å². The van der Waals surface area contributed by atoms with Crippen molar-refractivity contribution in [2.45, 2.75) is 25.3 Å². The van der Waals surface area contributed by atoms with Crippen LogP contribution in [0, 0.1) is 0 Å². The Kier molecular flexibility index (Phi) is 5.48. The quantitative estimate of drug-likeness (QED) is 0.745. The number of hydrogen-bond acceptors (Lipinski definition) is 6. The third-order valence-corrected chi connectivity index (χ3v) is 3.65. The molecule has 2 atom stereocenters. The van der Waals surface area contributed by atoms with Gasteiger partial charge in [-0.25, -0.2) is 0 Å². The number of aliphatic carboxylic acids is 1. The highest BCUT2D eigenvalue weighted by Crippen LogP contribution is 2.17. The van der Waals surface area contributed by atoms with Gasteiger partial charge in [0.15, 0.2) is 0 Å². The van der Waals surface area contributed by atoms with Gasteiger partial charge >= 0.3 is 11.9 Å². The molecule has 1 aliphatic heterocycles. The van der Waals surface area contributed by atoms with Crippen molar-refractivity contribution in [1.82, 2.24) is 9.80 Å². The minimum Gasteiger partial charge on any atom is -0.480 e. The number of carbonyl (C=O) groups is 2. The van der Waals surface area contributed by atoms with E-state index in [1.54, 1.807) is 11.9 Å². The van der Waals surface area contributed by atoms with Crippen LogP contribution < -0.4 is 0 Å². The number of carbonyl (C=O) groups excluding carboxylic acids is 1. The van der Waals surface area contributed by atoms with Crippen LogP contribution in [-0.2, 0) is 20.9 Å². The summed E-state index contributed by atoms with van der Waals surface area (Å²) in [4.78, 5) is 26.0. The maximum Gasteiger partial charge on any atom is 0.321 e. The largest absolute Gasteiger partial charge is 0.480 e. The summed E-state index contributed by atoms with van der Waals surface area (Å²) < 4.78 is 5.16. The van der Waals surface area contributed by atoms with Crippen molar-refractivity contribution in [2.24, 2.45) is 0 Å². The topological polar surface area (TPSA) is 90.3 Å². The number of aliphatic hydroxyl groups excluding tert-OH is 1. The summed E-state index contributed by atoms with van der Waals surface area (Å²) in [5, 5.41) is 19.0. The molecule has 0 bridgehead atoms. The molecule has 1 aromatic rings. The number of ether oxygens (including phenoxy) is 1. The van der Waals surface area contributed by atoms with Crippen molar-refractivity contribution >= 4 is 11.9 Å². The Morgan fingerprint density at radius 2 is 2.00 bits per heavy atom. The van der Waals surface area contributed by atoms with Gasteiger partial charge in [-0.1, -0.05) is 30.3 Å². The lowest BCUT2D eigenvalue weighted by Gasteiger charge is -2.40. The molecular weight excluding hydrogens is 288 g/mol. The molecule has 1 aliphatic rings. The highest BCUT2D eigenvalue weighted by atomic mass is 16.5. The van der Waals surface area contributed by atoms with Gasteiger partial charge in [-0.05, 0) is 12.6 Å². The number of benzene rings is 1. The molecule has 0 radical (unpaired) electrons. The van der Waals surface area contributed by atoms with Crippen LogP contribution in [0.4, 0.5) is 0 Å². The first-order valence-electron chi connectivity index (χ1n) is 7.02. The first kappa shape index (κ1) is 16.4. The van der Waals surface area contributed by atoms with Crippen molar-refractivity contribution in [3.8, 4) is 0 Å². The SMILES string of the molecule is CN1CN(CC(=O)OCc2ccccc2)C(O)C[C@H]1C(=O)O. The summed E-state index contributed by atoms with van der Waals surface area (Å²) in [7, 11) is 1.65. The molecule has 7 nitrogen and oxygen atoms in total. The molecule has 1 fully saturated rings. The standard InChI is InChI=1S/C15H20N2O5/c1-16-10-17(13(18)7-12(16)15(20)21)8-14(19)22-9-11-5-3-2-4-6-11/h2-6,12-13,18H,7-10H2,1H3,(H,20,21)/t12-,13?/m0/s1. The predicted molar refractivity (Wildman–Crippen MR) is 77.6 cm³/mol. The fourth-order valence-corrected chi connectivity index (χ4v) is 2.40. The average Bonchev–Trinajstić information content (AvgIpc) is 2.49. The summed E-state index contributed by atoms with van der Waals surface area (Å²) in [5.74, 6) is -1.43. The number of nitrogens with zero attached hydrogens (tertiary/aromatic N) is 2. The molecule has 0 spiro atoms. The Hall–Kier alpha value is -1.96. The van der Waals surface area contributed by atoms with E-state index >= 15 is 0 Å². The van der Waals surface area contributed by atoms with Crippen LogP contribution in [-0.4, -0.2) is 64.5 Å². The fraction of sp³-hybridized carbons (Fsp3) is 0.467. The van der Waals surface area contributed by atoms with Crippen molar-refractivity contribution in [1.29, 1.82) is 0 Å². The van der Waals surface area contributed by atoms with Crippen LogP contribution in [0.2, 0.25) is 0 Å². The molecule has 1 heterocycles. The number of rotatable bonds is 5. The third-order valence-electron chi connectivity index (χ3n) is 3.65. The smallest absolute Gasteiger partial charge is 0.321 e. The Bertz CT molecular complexity index is 522. The number of aliphatic hydroxyl groups is 1. The Morgan fingerprint density at radius 1 is 1.32 bits per heavy atom. The van der Waals surface area contributed by atoms with Gasteiger partial charge in [0.05, 0.1) is 6.67 Å². The summed E-state index contributed by atoms with van der Waals surface area (Å²) in [6, 6.07) is 8.57. The van der Waals surface area contributed by atoms with Crippen LogP contribution in [0.5, 0.6) is 0 Å². The molecule has 1 aromatic carbocycles. The molecule has 0 aromatic heterocycles. The van der Waals surface area contributed by atoms with E-state index in [-0.39, 0.29) is 26.2 Å². The van der Waals surface area contributed by atoms with Gasteiger partial charge in [-0.15, -0.1) is 0 Å². The van der Waals surface area contributed by atoms with Crippen molar-refractivity contribution < 1.29 is 24.5 Å². The Balaban J connectivity index is 1.83. The number of carboxylic acids is 1. The second kappa shape index (κ2) is 7.35. The fourth-order valence-electron chi connectivity index (χ4n) is 2.40. The molecule has 0 amide bonds. The lowest BCUT2D eigenvalue weighted by atomic mass is 10.1. The molecule has 120 valence electrons. The minimum atomic E-state index is -0.979. The van der Waals surface area contributed by atoms with E-state index in [4.69, 9.17) is 9.84 Å². The maximum absolute atomic E-state index is 11.8. The van der Waals surface area contributed by atoms with E-state index in [1.165, 1.54) is 4.90 Å². The van der Waals surface area contributed by atoms with E-state index in [9.17, 15) is 14.7 Å². The summed E-state index contributed by atoms with van der Waals surface area (Å²) in [5.41, 5.74) is 0.887. The van der Waals surface area contributed by atoms with Gasteiger partial charge in [0, 0.05) is 6.42 Å². The monoisotopic (exact) mass is 308 g/mol. The maximum atomic E-state index is 11.8. The number of esters is 1. The van der Waals surface area contributed by atoms with Crippen molar-refractivity contribution in [3.05, 3.63) is 35.9 Å². The van der Waals surface area contributed by atoms with Crippen LogP contribution in [0.15, 0.2) is 30.3 Å². The first-order chi connectivity index (χ1) is 10.5. The zero-order chi connectivity index (χ0) is 16.1. The summed E-state index contributed by atoms with van der Waals surface area (Å²) in [6.07, 6.45) is -0.917. The van der Waals surface area contributed by atoms with E-state index in [0.717, 1.165) is 5.56 Å². The number of hydrogen-bond donors (Lipinski definition) is 2. The molecule has 0 saturated carbocycles. The van der Waals surface area contributed by atoms with Crippen molar-refractivity contribution in [2.75, 3.05) is 20.3 Å². The van der Waals surface area contributed by atoms with Gasteiger partial charge in [-0.3, -0.25) is 19.4 Å². The molecule has 2 N–H and O–H groups in total. The predicted octanol–water partition coefficient (Wildman–Crippen LogP) is 0.0964. The molecule has 22 heavy (non-hydrogen) atoms. The highest BCUT2D eigenvalue weighted by Gasteiger charge is 2.35. The Labute approximate surface area is 128 Å². The number of likely N-dealkylation sites (N-methyl/N-ethyl adjacent to an activating group) is 1. The Morgan fingerprint density at radius 3 is 2.64 bits per heavy atom. The molecule has 7 heteroatoms. The second-order valence-electron chi connectivity index (χ2n) is 5.36. The van der Waals surface area contributed by atoms with Crippen molar-refractivity contribution in [3.63, 3.8) is 0 Å². The second-order valence-corrected chi connectivity index (χ2v) is 5.36. The average molecular weight is 308 g/mol. The van der Waals surface area contributed by atoms with E-state index < -0.39 is 24.2 Å². The third kappa shape index (κ3) is 4.27. The number of carboxylic acid groups (broad SMARTS) is 1. The van der Waals surface area contributed by atoms with Gasteiger partial charge in [0.1, 0.15) is 25.4 Å². The van der Waals surface area contributed by atoms with Crippen LogP contribution in [0.1, 0.15) is 12.0 Å².